The number of allylic oxidation sites excluding steroid dienone is 8. The predicted octanol–water partition coefficient (Wildman–Crippen LogP) is 17.5. The number of hydrogen-bond donors (Lipinski definition) is 0. The fourth-order valence-electron chi connectivity index (χ4n) is 7.57. The molecule has 0 aromatic carbocycles. The molecule has 6 heteroatoms. The van der Waals surface area contributed by atoms with E-state index in [-0.39, 0.29) is 31.1 Å². The molecule has 0 aliphatic heterocycles. The highest BCUT2D eigenvalue weighted by molar-refractivity contribution is 5.71. The summed E-state index contributed by atoms with van der Waals surface area (Å²) in [5.74, 6) is -0.890. The number of carbonyl (C=O) groups excluding carboxylic acids is 3. The molecule has 0 aromatic heterocycles. The highest BCUT2D eigenvalue weighted by Crippen LogP contribution is 2.15. The lowest BCUT2D eigenvalue weighted by molar-refractivity contribution is -0.167. The highest BCUT2D eigenvalue weighted by Gasteiger charge is 2.19. The van der Waals surface area contributed by atoms with Crippen molar-refractivity contribution in [2.75, 3.05) is 13.2 Å². The molecular formula is C56H100O6. The van der Waals surface area contributed by atoms with Gasteiger partial charge in [-0.25, -0.2) is 0 Å². The van der Waals surface area contributed by atoms with Crippen LogP contribution in [0.5, 0.6) is 0 Å². The Balaban J connectivity index is 4.30. The van der Waals surface area contributed by atoms with Gasteiger partial charge >= 0.3 is 17.9 Å². The molecule has 0 aliphatic rings. The average molecular weight is 869 g/mol. The molecule has 0 heterocycles. The second-order valence-electron chi connectivity index (χ2n) is 17.8. The Bertz CT molecular complexity index is 1090. The van der Waals surface area contributed by atoms with E-state index in [1.54, 1.807) is 0 Å². The molecular weight excluding hydrogens is 769 g/mol. The average Bonchev–Trinajstić information content (AvgIpc) is 3.27. The normalized spacial score (nSPS) is 12.4. The van der Waals surface area contributed by atoms with Crippen LogP contribution in [0, 0.1) is 0 Å². The number of carbonyl (C=O) groups is 3. The molecule has 0 rings (SSSR count). The molecule has 0 amide bonds. The van der Waals surface area contributed by atoms with Crippen LogP contribution >= 0.6 is 0 Å². The fourth-order valence-corrected chi connectivity index (χ4v) is 7.57. The summed E-state index contributed by atoms with van der Waals surface area (Å²) in [6.45, 7) is 6.51. The van der Waals surface area contributed by atoms with Crippen molar-refractivity contribution in [3.05, 3.63) is 48.6 Å². The van der Waals surface area contributed by atoms with E-state index in [1.165, 1.54) is 141 Å². The van der Waals surface area contributed by atoms with Gasteiger partial charge in [0.15, 0.2) is 6.10 Å². The van der Waals surface area contributed by atoms with E-state index in [1.807, 2.05) is 0 Å². The first-order valence-electron chi connectivity index (χ1n) is 26.6. The van der Waals surface area contributed by atoms with Crippen molar-refractivity contribution in [1.29, 1.82) is 0 Å². The number of ether oxygens (including phenoxy) is 3. The van der Waals surface area contributed by atoms with Crippen molar-refractivity contribution >= 4 is 17.9 Å². The summed E-state index contributed by atoms with van der Waals surface area (Å²) < 4.78 is 16.8. The van der Waals surface area contributed by atoms with Crippen LogP contribution in [0.4, 0.5) is 0 Å². The molecule has 1 atom stereocenters. The molecule has 0 aliphatic carbocycles. The molecule has 0 bridgehead atoms. The molecule has 360 valence electrons. The monoisotopic (exact) mass is 869 g/mol. The molecule has 0 saturated heterocycles. The molecule has 0 radical (unpaired) electrons. The van der Waals surface area contributed by atoms with Crippen molar-refractivity contribution in [1.82, 2.24) is 0 Å². The van der Waals surface area contributed by atoms with Crippen molar-refractivity contribution in [3.63, 3.8) is 0 Å². The lowest BCUT2D eigenvalue weighted by Crippen LogP contribution is -2.30. The Labute approximate surface area is 384 Å². The number of unbranched alkanes of at least 4 members (excludes halogenated alkanes) is 29. The fraction of sp³-hybridized carbons (Fsp3) is 0.804. The largest absolute Gasteiger partial charge is 0.462 e. The maximum Gasteiger partial charge on any atom is 0.306 e. The van der Waals surface area contributed by atoms with Gasteiger partial charge in [-0.2, -0.15) is 0 Å². The van der Waals surface area contributed by atoms with Gasteiger partial charge in [0.25, 0.3) is 0 Å². The van der Waals surface area contributed by atoms with Gasteiger partial charge < -0.3 is 14.2 Å². The molecule has 0 N–H and O–H groups in total. The van der Waals surface area contributed by atoms with E-state index >= 15 is 0 Å². The highest BCUT2D eigenvalue weighted by atomic mass is 16.6. The first-order chi connectivity index (χ1) is 30.5. The zero-order chi connectivity index (χ0) is 45.1. The quantitative estimate of drug-likeness (QED) is 0.0262. The standard InChI is InChI=1S/C56H100O6/c1-4-7-10-13-16-19-21-23-25-27-28-29-31-32-34-37-40-43-46-49-55(58)61-52-53(51-60-54(57)48-45-42-39-36-18-15-12-9-6-3)62-56(59)50-47-44-41-38-35-33-30-26-24-22-20-17-14-11-8-5-2/h8,11,17,20,24,26-28,53H,4-7,9-10,12-16,18-19,21-23,25,29-52H2,1-3H3/b11-8-,20-17-,26-24-,28-27-. The zero-order valence-corrected chi connectivity index (χ0v) is 41.1. The predicted molar refractivity (Wildman–Crippen MR) is 265 cm³/mol. The van der Waals surface area contributed by atoms with Gasteiger partial charge in [-0.1, -0.05) is 223 Å². The Morgan fingerprint density at radius 3 is 1.00 bits per heavy atom. The van der Waals surface area contributed by atoms with Gasteiger partial charge in [-0.3, -0.25) is 14.4 Å². The van der Waals surface area contributed by atoms with E-state index in [0.29, 0.717) is 19.3 Å². The summed E-state index contributed by atoms with van der Waals surface area (Å²) in [5.41, 5.74) is 0. The number of hydrogen-bond acceptors (Lipinski definition) is 6. The minimum Gasteiger partial charge on any atom is -0.462 e. The number of rotatable bonds is 48. The minimum atomic E-state index is -0.778. The lowest BCUT2D eigenvalue weighted by Gasteiger charge is -2.18. The second kappa shape index (κ2) is 51.0. The summed E-state index contributed by atoms with van der Waals surface area (Å²) in [7, 11) is 0. The third kappa shape index (κ3) is 48.4. The molecule has 62 heavy (non-hydrogen) atoms. The van der Waals surface area contributed by atoms with Crippen molar-refractivity contribution in [2.24, 2.45) is 0 Å². The summed E-state index contributed by atoms with van der Waals surface area (Å²) in [4.78, 5) is 37.9. The summed E-state index contributed by atoms with van der Waals surface area (Å²) in [5, 5.41) is 0. The maximum atomic E-state index is 12.8. The van der Waals surface area contributed by atoms with Crippen LogP contribution in [0.15, 0.2) is 48.6 Å². The topological polar surface area (TPSA) is 78.9 Å². The molecule has 0 spiro atoms. The van der Waals surface area contributed by atoms with Crippen LogP contribution in [-0.4, -0.2) is 37.2 Å². The van der Waals surface area contributed by atoms with E-state index in [4.69, 9.17) is 14.2 Å². The van der Waals surface area contributed by atoms with Crippen LogP contribution in [0.3, 0.4) is 0 Å². The third-order valence-electron chi connectivity index (χ3n) is 11.6. The van der Waals surface area contributed by atoms with Gasteiger partial charge in [0.1, 0.15) is 13.2 Å². The van der Waals surface area contributed by atoms with E-state index in [9.17, 15) is 14.4 Å². The summed E-state index contributed by atoms with van der Waals surface area (Å²) in [6, 6.07) is 0. The minimum absolute atomic E-state index is 0.0780. The summed E-state index contributed by atoms with van der Waals surface area (Å²) >= 11 is 0. The second-order valence-corrected chi connectivity index (χ2v) is 17.8. The van der Waals surface area contributed by atoms with Gasteiger partial charge in [0.2, 0.25) is 0 Å². The number of esters is 3. The van der Waals surface area contributed by atoms with Crippen LogP contribution in [0.25, 0.3) is 0 Å². The van der Waals surface area contributed by atoms with Crippen LogP contribution in [0.2, 0.25) is 0 Å². The molecule has 1 unspecified atom stereocenters. The Morgan fingerprint density at radius 2 is 0.629 bits per heavy atom. The van der Waals surface area contributed by atoms with Crippen LogP contribution < -0.4 is 0 Å². The molecule has 0 aromatic rings. The van der Waals surface area contributed by atoms with E-state index in [2.05, 4.69) is 69.4 Å². The Kier molecular flexibility index (Phi) is 48.8. The smallest absolute Gasteiger partial charge is 0.306 e. The van der Waals surface area contributed by atoms with Gasteiger partial charge in [0.05, 0.1) is 0 Å². The molecule has 6 nitrogen and oxygen atoms in total. The van der Waals surface area contributed by atoms with E-state index in [0.717, 1.165) is 89.9 Å². The zero-order valence-electron chi connectivity index (χ0n) is 41.1. The Hall–Kier alpha value is -2.63. The van der Waals surface area contributed by atoms with Crippen molar-refractivity contribution in [3.8, 4) is 0 Å². The molecule has 0 fully saturated rings. The first-order valence-corrected chi connectivity index (χ1v) is 26.6. The third-order valence-corrected chi connectivity index (χ3v) is 11.6. The maximum absolute atomic E-state index is 12.8. The van der Waals surface area contributed by atoms with Crippen LogP contribution in [-0.2, 0) is 28.6 Å². The SMILES string of the molecule is CC/C=C\C/C=C\C/C=C\CCCCCCCCC(=O)OC(COC(=O)CCCCCCCCC/C=C\CCCCCCCCCC)COC(=O)CCCCCCCCCCC. The van der Waals surface area contributed by atoms with Gasteiger partial charge in [0, 0.05) is 19.3 Å². The van der Waals surface area contributed by atoms with Crippen molar-refractivity contribution < 1.29 is 28.6 Å². The van der Waals surface area contributed by atoms with E-state index < -0.39 is 6.10 Å². The lowest BCUT2D eigenvalue weighted by atomic mass is 10.1. The van der Waals surface area contributed by atoms with Crippen LogP contribution in [0.1, 0.15) is 271 Å². The van der Waals surface area contributed by atoms with Gasteiger partial charge in [-0.05, 0) is 77.0 Å². The van der Waals surface area contributed by atoms with Crippen molar-refractivity contribution in [2.45, 2.75) is 277 Å². The van der Waals surface area contributed by atoms with Gasteiger partial charge in [-0.15, -0.1) is 0 Å². The Morgan fingerprint density at radius 1 is 0.339 bits per heavy atom. The molecule has 0 saturated carbocycles. The summed E-state index contributed by atoms with van der Waals surface area (Å²) in [6.07, 6.45) is 61.0. The first kappa shape index (κ1) is 59.4.